The first kappa shape index (κ1) is 14.6. The summed E-state index contributed by atoms with van der Waals surface area (Å²) in [5.74, 6) is -0.145. The minimum atomic E-state index is -0.145. The van der Waals surface area contributed by atoms with Crippen molar-refractivity contribution in [3.63, 3.8) is 0 Å². The molecule has 18 heavy (non-hydrogen) atoms. The number of para-hydroxylation sites is 1. The minimum Gasteiger partial charge on any atom is -0.464 e. The molecule has 0 aromatic heterocycles. The van der Waals surface area contributed by atoms with Gasteiger partial charge in [0.1, 0.15) is 6.54 Å². The Hall–Kier alpha value is -1.51. The molecular formula is C15H23NO2. The van der Waals surface area contributed by atoms with Crippen molar-refractivity contribution in [3.05, 3.63) is 29.8 Å². The topological polar surface area (TPSA) is 29.5 Å². The highest BCUT2D eigenvalue weighted by molar-refractivity contribution is 5.76. The van der Waals surface area contributed by atoms with Crippen molar-refractivity contribution < 1.29 is 9.53 Å². The van der Waals surface area contributed by atoms with Crippen LogP contribution in [0.5, 0.6) is 0 Å². The van der Waals surface area contributed by atoms with Gasteiger partial charge in [-0.25, -0.2) is 0 Å². The Bertz CT molecular complexity index is 377. The van der Waals surface area contributed by atoms with Gasteiger partial charge in [-0.15, -0.1) is 0 Å². The molecule has 0 saturated carbocycles. The zero-order valence-corrected chi connectivity index (χ0v) is 11.6. The van der Waals surface area contributed by atoms with E-state index in [0.29, 0.717) is 13.2 Å². The number of benzene rings is 1. The van der Waals surface area contributed by atoms with Crippen LogP contribution in [-0.4, -0.2) is 25.7 Å². The van der Waals surface area contributed by atoms with Crippen LogP contribution >= 0.6 is 0 Å². The van der Waals surface area contributed by atoms with Crippen molar-refractivity contribution in [2.45, 2.75) is 33.6 Å². The number of hydrogen-bond acceptors (Lipinski definition) is 3. The molecule has 0 unspecified atom stereocenters. The monoisotopic (exact) mass is 249 g/mol. The number of carbonyl (C=O) groups excluding carboxylic acids is 1. The molecule has 0 radical (unpaired) electrons. The third-order valence-corrected chi connectivity index (χ3v) is 2.92. The highest BCUT2D eigenvalue weighted by Crippen LogP contribution is 2.18. The Morgan fingerprint density at radius 3 is 2.61 bits per heavy atom. The van der Waals surface area contributed by atoms with Crippen LogP contribution in [0.4, 0.5) is 5.69 Å². The summed E-state index contributed by atoms with van der Waals surface area (Å²) in [6, 6.07) is 8.10. The quantitative estimate of drug-likeness (QED) is 0.549. The fourth-order valence-corrected chi connectivity index (χ4v) is 1.82. The molecule has 1 aromatic rings. The predicted octanol–water partition coefficient (Wildman–Crippen LogP) is 3.16. The number of aryl methyl sites for hydroxylation is 1. The van der Waals surface area contributed by atoms with Crippen LogP contribution in [0.15, 0.2) is 24.3 Å². The van der Waals surface area contributed by atoms with Gasteiger partial charge in [-0.05, 0) is 31.9 Å². The molecule has 1 aromatic carbocycles. The minimum absolute atomic E-state index is 0.145. The molecule has 0 fully saturated rings. The van der Waals surface area contributed by atoms with Gasteiger partial charge in [-0.2, -0.15) is 0 Å². The summed E-state index contributed by atoms with van der Waals surface area (Å²) in [4.78, 5) is 13.8. The van der Waals surface area contributed by atoms with Crippen LogP contribution in [-0.2, 0) is 9.53 Å². The summed E-state index contributed by atoms with van der Waals surface area (Å²) in [6.07, 6.45) is 1.98. The predicted molar refractivity (Wildman–Crippen MR) is 74.9 cm³/mol. The lowest BCUT2D eigenvalue weighted by Crippen LogP contribution is -2.31. The largest absolute Gasteiger partial charge is 0.464 e. The maximum atomic E-state index is 11.7. The summed E-state index contributed by atoms with van der Waals surface area (Å²) in [5.41, 5.74) is 2.29. The number of hydrogen-bond donors (Lipinski definition) is 0. The average molecular weight is 249 g/mol. The Balaban J connectivity index is 2.57. The molecular weight excluding hydrogens is 226 g/mol. The van der Waals surface area contributed by atoms with E-state index >= 15 is 0 Å². The molecule has 0 aliphatic carbocycles. The van der Waals surface area contributed by atoms with Crippen LogP contribution < -0.4 is 4.90 Å². The molecule has 3 heteroatoms. The van der Waals surface area contributed by atoms with Crippen LogP contribution in [0.2, 0.25) is 0 Å². The van der Waals surface area contributed by atoms with Gasteiger partial charge in [-0.3, -0.25) is 4.79 Å². The van der Waals surface area contributed by atoms with Crippen molar-refractivity contribution in [1.82, 2.24) is 0 Å². The molecule has 0 heterocycles. The molecule has 100 valence electrons. The van der Waals surface area contributed by atoms with E-state index in [0.717, 1.165) is 25.1 Å². The number of unbranched alkanes of at least 4 members (excludes halogenated alkanes) is 1. The van der Waals surface area contributed by atoms with Crippen LogP contribution in [0.3, 0.4) is 0 Å². The van der Waals surface area contributed by atoms with E-state index in [4.69, 9.17) is 4.74 Å². The molecule has 0 aliphatic heterocycles. The van der Waals surface area contributed by atoms with E-state index in [9.17, 15) is 4.79 Å². The second-order valence-corrected chi connectivity index (χ2v) is 4.37. The van der Waals surface area contributed by atoms with Crippen molar-refractivity contribution in [2.75, 3.05) is 24.6 Å². The first-order chi connectivity index (χ1) is 8.69. The lowest BCUT2D eigenvalue weighted by atomic mass is 10.2. The number of carbonyl (C=O) groups is 1. The SMILES string of the molecule is CCCCOC(=O)CN(CC)c1ccccc1C. The Kier molecular flexibility index (Phi) is 6.26. The van der Waals surface area contributed by atoms with E-state index < -0.39 is 0 Å². The van der Waals surface area contributed by atoms with E-state index in [2.05, 4.69) is 19.9 Å². The standard InChI is InChI=1S/C15H23NO2/c1-4-6-11-18-15(17)12-16(5-2)14-10-8-7-9-13(14)3/h7-10H,4-6,11-12H2,1-3H3. The summed E-state index contributed by atoms with van der Waals surface area (Å²) in [5, 5.41) is 0. The van der Waals surface area contributed by atoms with Crippen LogP contribution in [0.1, 0.15) is 32.3 Å². The third kappa shape index (κ3) is 4.40. The molecule has 0 bridgehead atoms. The maximum absolute atomic E-state index is 11.7. The van der Waals surface area contributed by atoms with Gasteiger partial charge in [0.05, 0.1) is 6.61 Å². The highest BCUT2D eigenvalue weighted by Gasteiger charge is 2.12. The number of ether oxygens (including phenoxy) is 1. The molecule has 0 aliphatic rings. The van der Waals surface area contributed by atoms with E-state index in [1.165, 1.54) is 5.56 Å². The molecule has 0 amide bonds. The average Bonchev–Trinajstić information content (AvgIpc) is 2.37. The fourth-order valence-electron chi connectivity index (χ4n) is 1.82. The van der Waals surface area contributed by atoms with Crippen molar-refractivity contribution in [1.29, 1.82) is 0 Å². The summed E-state index contributed by atoms with van der Waals surface area (Å²) in [6.45, 7) is 7.84. The van der Waals surface area contributed by atoms with E-state index in [1.54, 1.807) is 0 Å². The molecule has 1 rings (SSSR count). The van der Waals surface area contributed by atoms with Gasteiger partial charge in [-0.1, -0.05) is 31.5 Å². The van der Waals surface area contributed by atoms with Gasteiger partial charge in [0.2, 0.25) is 0 Å². The van der Waals surface area contributed by atoms with Gasteiger partial charge in [0.15, 0.2) is 0 Å². The van der Waals surface area contributed by atoms with E-state index in [1.807, 2.05) is 30.0 Å². The molecule has 0 atom stereocenters. The highest BCUT2D eigenvalue weighted by atomic mass is 16.5. The van der Waals surface area contributed by atoms with Crippen molar-refractivity contribution >= 4 is 11.7 Å². The summed E-state index contributed by atoms with van der Waals surface area (Å²) in [7, 11) is 0. The number of anilines is 1. The second-order valence-electron chi connectivity index (χ2n) is 4.37. The Morgan fingerprint density at radius 2 is 2.00 bits per heavy atom. The van der Waals surface area contributed by atoms with E-state index in [-0.39, 0.29) is 5.97 Å². The first-order valence-electron chi connectivity index (χ1n) is 6.65. The summed E-state index contributed by atoms with van der Waals surface area (Å²) >= 11 is 0. The molecule has 3 nitrogen and oxygen atoms in total. The van der Waals surface area contributed by atoms with Gasteiger partial charge < -0.3 is 9.64 Å². The zero-order chi connectivity index (χ0) is 13.4. The summed E-state index contributed by atoms with van der Waals surface area (Å²) < 4.78 is 5.20. The number of likely N-dealkylation sites (N-methyl/N-ethyl adjacent to an activating group) is 1. The third-order valence-electron chi connectivity index (χ3n) is 2.92. The lowest BCUT2D eigenvalue weighted by molar-refractivity contribution is -0.142. The van der Waals surface area contributed by atoms with Crippen molar-refractivity contribution in [3.8, 4) is 0 Å². The zero-order valence-electron chi connectivity index (χ0n) is 11.6. The number of rotatable bonds is 7. The molecule has 0 spiro atoms. The van der Waals surface area contributed by atoms with Gasteiger partial charge >= 0.3 is 5.97 Å². The number of esters is 1. The fraction of sp³-hybridized carbons (Fsp3) is 0.533. The Labute approximate surface area is 110 Å². The lowest BCUT2D eigenvalue weighted by Gasteiger charge is -2.23. The molecule has 0 saturated heterocycles. The smallest absolute Gasteiger partial charge is 0.325 e. The number of nitrogens with zero attached hydrogens (tertiary/aromatic N) is 1. The van der Waals surface area contributed by atoms with Gasteiger partial charge in [0, 0.05) is 12.2 Å². The molecule has 0 N–H and O–H groups in total. The van der Waals surface area contributed by atoms with Gasteiger partial charge in [0.25, 0.3) is 0 Å². The van der Waals surface area contributed by atoms with Crippen molar-refractivity contribution in [2.24, 2.45) is 0 Å². The Morgan fingerprint density at radius 1 is 1.28 bits per heavy atom. The van der Waals surface area contributed by atoms with Crippen LogP contribution in [0, 0.1) is 6.92 Å². The van der Waals surface area contributed by atoms with Crippen LogP contribution in [0.25, 0.3) is 0 Å². The maximum Gasteiger partial charge on any atom is 0.325 e. The first-order valence-corrected chi connectivity index (χ1v) is 6.65. The second kappa shape index (κ2) is 7.75. The normalized spacial score (nSPS) is 10.2.